The maximum absolute atomic E-state index is 13.6. The van der Waals surface area contributed by atoms with Gasteiger partial charge in [0.05, 0.1) is 5.69 Å². The molecule has 0 spiro atoms. The lowest BCUT2D eigenvalue weighted by atomic mass is 9.87. The molecule has 0 saturated carbocycles. The van der Waals surface area contributed by atoms with Crippen molar-refractivity contribution in [3.05, 3.63) is 59.9 Å². The molecule has 0 aliphatic heterocycles. The fourth-order valence-electron chi connectivity index (χ4n) is 2.19. The highest BCUT2D eigenvalue weighted by molar-refractivity contribution is 5.96. The van der Waals surface area contributed by atoms with Gasteiger partial charge in [-0.25, -0.2) is 4.39 Å². The highest BCUT2D eigenvalue weighted by atomic mass is 19.1. The lowest BCUT2D eigenvalue weighted by Gasteiger charge is -2.20. The minimum atomic E-state index is -0.477. The maximum atomic E-state index is 13.6. The largest absolute Gasteiger partial charge is 0.374 e. The van der Waals surface area contributed by atoms with Crippen molar-refractivity contribution in [2.75, 3.05) is 10.6 Å². The predicted octanol–water partition coefficient (Wildman–Crippen LogP) is 4.56. The molecule has 0 bridgehead atoms. The van der Waals surface area contributed by atoms with E-state index in [0.29, 0.717) is 0 Å². The number of hydrogen-bond donors (Lipinski definition) is 2. The first kappa shape index (κ1) is 17.0. The molecular formula is C19H23FN2O. The number of halogens is 1. The molecule has 0 aliphatic rings. The zero-order chi connectivity index (χ0) is 17.0. The van der Waals surface area contributed by atoms with Crippen molar-refractivity contribution in [1.82, 2.24) is 0 Å². The van der Waals surface area contributed by atoms with Gasteiger partial charge in [0.2, 0.25) is 5.91 Å². The van der Waals surface area contributed by atoms with Gasteiger partial charge in [0.25, 0.3) is 0 Å². The van der Waals surface area contributed by atoms with E-state index < -0.39 is 11.9 Å². The van der Waals surface area contributed by atoms with Gasteiger partial charge in [-0.1, -0.05) is 45.0 Å². The number of carbonyl (C=O) groups is 1. The first-order valence-electron chi connectivity index (χ1n) is 7.70. The van der Waals surface area contributed by atoms with Crippen molar-refractivity contribution in [2.24, 2.45) is 0 Å². The van der Waals surface area contributed by atoms with Crippen LogP contribution in [0.1, 0.15) is 33.3 Å². The molecule has 1 atom stereocenters. The Labute approximate surface area is 136 Å². The summed E-state index contributed by atoms with van der Waals surface area (Å²) in [5, 5.41) is 5.71. The average Bonchev–Trinajstić information content (AvgIpc) is 2.49. The smallest absolute Gasteiger partial charge is 0.246 e. The Morgan fingerprint density at radius 1 is 1.04 bits per heavy atom. The fraction of sp³-hybridized carbons (Fsp3) is 0.316. The van der Waals surface area contributed by atoms with Gasteiger partial charge in [-0.3, -0.25) is 4.79 Å². The van der Waals surface area contributed by atoms with Gasteiger partial charge in [0.1, 0.15) is 11.9 Å². The topological polar surface area (TPSA) is 41.1 Å². The summed E-state index contributed by atoms with van der Waals surface area (Å²) >= 11 is 0. The maximum Gasteiger partial charge on any atom is 0.246 e. The molecule has 23 heavy (non-hydrogen) atoms. The fourth-order valence-corrected chi connectivity index (χ4v) is 2.19. The number of amides is 1. The Hall–Kier alpha value is -2.36. The van der Waals surface area contributed by atoms with Crippen LogP contribution in [0, 0.1) is 5.82 Å². The lowest BCUT2D eigenvalue weighted by molar-refractivity contribution is -0.116. The first-order valence-corrected chi connectivity index (χ1v) is 7.70. The van der Waals surface area contributed by atoms with Crippen molar-refractivity contribution in [3.63, 3.8) is 0 Å². The Bertz CT molecular complexity index is 675. The summed E-state index contributed by atoms with van der Waals surface area (Å²) in [6, 6.07) is 13.6. The van der Waals surface area contributed by atoms with Gasteiger partial charge in [-0.05, 0) is 42.2 Å². The summed E-state index contributed by atoms with van der Waals surface area (Å²) < 4.78 is 13.6. The van der Waals surface area contributed by atoms with Gasteiger partial charge in [0, 0.05) is 5.69 Å². The quantitative estimate of drug-likeness (QED) is 0.868. The summed E-state index contributed by atoms with van der Waals surface area (Å²) in [4.78, 5) is 12.2. The molecule has 0 unspecified atom stereocenters. The second-order valence-corrected chi connectivity index (χ2v) is 6.66. The Morgan fingerprint density at radius 2 is 1.65 bits per heavy atom. The number of rotatable bonds is 4. The second kappa shape index (κ2) is 6.82. The van der Waals surface area contributed by atoms with Crippen LogP contribution >= 0.6 is 0 Å². The molecule has 0 fully saturated rings. The molecule has 0 saturated heterocycles. The van der Waals surface area contributed by atoms with Crippen LogP contribution in [0.5, 0.6) is 0 Å². The summed E-state index contributed by atoms with van der Waals surface area (Å²) in [7, 11) is 0. The van der Waals surface area contributed by atoms with Crippen molar-refractivity contribution in [1.29, 1.82) is 0 Å². The second-order valence-electron chi connectivity index (χ2n) is 6.66. The van der Waals surface area contributed by atoms with Gasteiger partial charge >= 0.3 is 0 Å². The van der Waals surface area contributed by atoms with E-state index in [2.05, 4.69) is 31.4 Å². The number of anilines is 2. The van der Waals surface area contributed by atoms with E-state index in [1.54, 1.807) is 19.1 Å². The van der Waals surface area contributed by atoms with Crippen LogP contribution in [0.15, 0.2) is 48.5 Å². The number of nitrogens with one attached hydrogen (secondary N) is 2. The van der Waals surface area contributed by atoms with E-state index in [1.165, 1.54) is 17.7 Å². The van der Waals surface area contributed by atoms with Crippen LogP contribution < -0.4 is 10.6 Å². The van der Waals surface area contributed by atoms with Crippen molar-refractivity contribution >= 4 is 17.3 Å². The van der Waals surface area contributed by atoms with E-state index in [0.717, 1.165) is 5.69 Å². The molecule has 1 amide bonds. The van der Waals surface area contributed by atoms with Crippen LogP contribution in [0.25, 0.3) is 0 Å². The van der Waals surface area contributed by atoms with Gasteiger partial charge in [0.15, 0.2) is 0 Å². The van der Waals surface area contributed by atoms with E-state index in [1.807, 2.05) is 24.3 Å². The number of carbonyl (C=O) groups excluding carboxylic acids is 1. The van der Waals surface area contributed by atoms with E-state index in [-0.39, 0.29) is 17.0 Å². The third-order valence-electron chi connectivity index (χ3n) is 3.66. The van der Waals surface area contributed by atoms with Crippen LogP contribution in [0.4, 0.5) is 15.8 Å². The minimum Gasteiger partial charge on any atom is -0.374 e. The molecule has 2 N–H and O–H groups in total. The van der Waals surface area contributed by atoms with E-state index >= 15 is 0 Å². The monoisotopic (exact) mass is 314 g/mol. The standard InChI is InChI=1S/C19H23FN2O/c1-13(18(23)22-17-8-6-5-7-16(17)20)21-15-11-9-14(10-12-15)19(2,3)4/h5-13,21H,1-4H3,(H,22,23)/t13-/m0/s1. The summed E-state index contributed by atoms with van der Waals surface area (Å²) in [5.41, 5.74) is 2.36. The normalized spacial score (nSPS) is 12.6. The van der Waals surface area contributed by atoms with Crippen molar-refractivity contribution in [3.8, 4) is 0 Å². The Balaban J connectivity index is 2.00. The summed E-state index contributed by atoms with van der Waals surface area (Å²) in [6.07, 6.45) is 0. The van der Waals surface area contributed by atoms with Gasteiger partial charge in [-0.15, -0.1) is 0 Å². The average molecular weight is 314 g/mol. The molecule has 2 aromatic carbocycles. The molecule has 3 nitrogen and oxygen atoms in total. The number of benzene rings is 2. The molecule has 4 heteroatoms. The van der Waals surface area contributed by atoms with E-state index in [4.69, 9.17) is 0 Å². The summed E-state index contributed by atoms with van der Waals surface area (Å²) in [5.74, 6) is -0.724. The highest BCUT2D eigenvalue weighted by Gasteiger charge is 2.16. The number of para-hydroxylation sites is 1. The number of hydrogen-bond acceptors (Lipinski definition) is 2. The first-order chi connectivity index (χ1) is 10.8. The molecule has 0 heterocycles. The van der Waals surface area contributed by atoms with Crippen LogP contribution in [-0.4, -0.2) is 11.9 Å². The third-order valence-corrected chi connectivity index (χ3v) is 3.66. The van der Waals surface area contributed by atoms with Gasteiger partial charge < -0.3 is 10.6 Å². The molecule has 0 aromatic heterocycles. The van der Waals surface area contributed by atoms with E-state index in [9.17, 15) is 9.18 Å². The van der Waals surface area contributed by atoms with Crippen LogP contribution in [-0.2, 0) is 10.2 Å². The van der Waals surface area contributed by atoms with Crippen molar-refractivity contribution in [2.45, 2.75) is 39.2 Å². The van der Waals surface area contributed by atoms with Crippen LogP contribution in [0.3, 0.4) is 0 Å². The molecule has 2 aromatic rings. The zero-order valence-electron chi connectivity index (χ0n) is 14.0. The summed E-state index contributed by atoms with van der Waals surface area (Å²) in [6.45, 7) is 8.20. The molecule has 122 valence electrons. The highest BCUT2D eigenvalue weighted by Crippen LogP contribution is 2.23. The molecule has 0 aliphatic carbocycles. The molecule has 0 radical (unpaired) electrons. The minimum absolute atomic E-state index is 0.0896. The SMILES string of the molecule is C[C@H](Nc1ccc(C(C)(C)C)cc1)C(=O)Nc1ccccc1F. The lowest BCUT2D eigenvalue weighted by Crippen LogP contribution is -2.32. The third kappa shape index (κ3) is 4.55. The molecule has 2 rings (SSSR count). The Kier molecular flexibility index (Phi) is 5.04. The van der Waals surface area contributed by atoms with Gasteiger partial charge in [-0.2, -0.15) is 0 Å². The van der Waals surface area contributed by atoms with Crippen LogP contribution in [0.2, 0.25) is 0 Å². The Morgan fingerprint density at radius 3 is 2.22 bits per heavy atom. The zero-order valence-corrected chi connectivity index (χ0v) is 14.0. The molecular weight excluding hydrogens is 291 g/mol. The predicted molar refractivity (Wildman–Crippen MR) is 93.3 cm³/mol. The van der Waals surface area contributed by atoms with Crippen molar-refractivity contribution < 1.29 is 9.18 Å².